The Labute approximate surface area is 157 Å². The van der Waals surface area contributed by atoms with Gasteiger partial charge in [0.1, 0.15) is 18.3 Å². The van der Waals surface area contributed by atoms with E-state index in [9.17, 15) is 38.8 Å². The van der Waals surface area contributed by atoms with Crippen molar-refractivity contribution >= 4 is 41.6 Å². The van der Waals surface area contributed by atoms with Crippen molar-refractivity contribution in [1.82, 2.24) is 0 Å². The Balaban J connectivity index is 3.42. The molecular weight excluding hydrogens is 488 g/mol. The summed E-state index contributed by atoms with van der Waals surface area (Å²) in [6, 6.07) is 0. The van der Waals surface area contributed by atoms with Gasteiger partial charge in [0, 0.05) is 0 Å². The van der Waals surface area contributed by atoms with Crippen molar-refractivity contribution in [2.45, 2.75) is 30.7 Å². The molecule has 1 heterocycles. The fourth-order valence-electron chi connectivity index (χ4n) is 1.93. The van der Waals surface area contributed by atoms with Crippen LogP contribution >= 0.6 is 0 Å². The van der Waals surface area contributed by atoms with Gasteiger partial charge in [-0.3, -0.25) is 18.2 Å². The topological polar surface area (TPSA) is 284 Å². The standard InChI is InChI=1S/C6H12O18S4/c7-6-5(24-28(17,18)19)4(23-27(14,15)16)3(22-26(11,12)13)2(21-6)1-20-25(8,9)10/h2-7H,1H2,(H,8,9,10)(H,11,12,13)(H,14,15,16)(H,17,18,19)/t2-,3-,4+,5-,6+/m1/s1. The van der Waals surface area contributed by atoms with Crippen molar-refractivity contribution < 1.29 is 78.5 Å². The van der Waals surface area contributed by atoms with Crippen LogP contribution in [-0.2, 0) is 63.1 Å². The first-order valence-electron chi connectivity index (χ1n) is 6.20. The summed E-state index contributed by atoms with van der Waals surface area (Å²) in [7, 11) is -21.8. The first kappa shape index (κ1) is 25.4. The number of rotatable bonds is 9. The van der Waals surface area contributed by atoms with Crippen molar-refractivity contribution in [2.24, 2.45) is 0 Å². The SMILES string of the molecule is O=S(=O)(O)OC[C@H]1O[C@H](O)[C@H](OS(=O)(=O)O)[C@@H](OS(=O)(=O)O)[C@@H]1OS(=O)(=O)O. The van der Waals surface area contributed by atoms with E-state index in [1.807, 2.05) is 0 Å². The number of hydrogen-bond acceptors (Lipinski definition) is 14. The van der Waals surface area contributed by atoms with Gasteiger partial charge in [0.15, 0.2) is 12.4 Å². The summed E-state index contributed by atoms with van der Waals surface area (Å²) in [6.07, 6.45) is -12.8. The molecule has 0 spiro atoms. The molecule has 0 amide bonds. The van der Waals surface area contributed by atoms with Crippen LogP contribution in [0.2, 0.25) is 0 Å². The van der Waals surface area contributed by atoms with E-state index in [1.54, 1.807) is 0 Å². The molecule has 5 atom stereocenters. The lowest BCUT2D eigenvalue weighted by Gasteiger charge is -2.41. The van der Waals surface area contributed by atoms with Crippen LogP contribution in [0.4, 0.5) is 0 Å². The van der Waals surface area contributed by atoms with Crippen LogP contribution in [0.5, 0.6) is 0 Å². The second-order valence-electron chi connectivity index (χ2n) is 4.74. The summed E-state index contributed by atoms with van der Waals surface area (Å²) in [4.78, 5) is 0. The normalized spacial score (nSPS) is 30.2. The minimum absolute atomic E-state index is 1.42. The molecule has 28 heavy (non-hydrogen) atoms. The number of ether oxygens (including phenoxy) is 1. The van der Waals surface area contributed by atoms with Crippen LogP contribution < -0.4 is 0 Å². The number of aliphatic hydroxyl groups is 1. The molecule has 0 aromatic heterocycles. The highest BCUT2D eigenvalue weighted by molar-refractivity contribution is 7.81. The molecule has 18 nitrogen and oxygen atoms in total. The molecule has 0 aliphatic carbocycles. The Morgan fingerprint density at radius 2 is 1.04 bits per heavy atom. The molecule has 1 fully saturated rings. The minimum atomic E-state index is -5.58. The van der Waals surface area contributed by atoms with Crippen LogP contribution in [0.3, 0.4) is 0 Å². The average molecular weight is 500 g/mol. The molecular formula is C6H12O18S4. The molecule has 22 heteroatoms. The van der Waals surface area contributed by atoms with Gasteiger partial charge in [0.05, 0.1) is 6.61 Å². The van der Waals surface area contributed by atoms with Crippen LogP contribution in [0.1, 0.15) is 0 Å². The molecule has 168 valence electrons. The van der Waals surface area contributed by atoms with Crippen LogP contribution in [-0.4, -0.2) is 94.3 Å². The van der Waals surface area contributed by atoms with Gasteiger partial charge in [-0.15, -0.1) is 0 Å². The minimum Gasteiger partial charge on any atom is -0.366 e. The Bertz CT molecular complexity index is 959. The number of aliphatic hydroxyl groups excluding tert-OH is 1. The molecule has 1 aliphatic rings. The molecule has 0 bridgehead atoms. The van der Waals surface area contributed by atoms with Crippen LogP contribution in [0.15, 0.2) is 0 Å². The van der Waals surface area contributed by atoms with Crippen molar-refractivity contribution in [2.75, 3.05) is 6.61 Å². The lowest BCUT2D eigenvalue weighted by Crippen LogP contribution is -2.62. The van der Waals surface area contributed by atoms with E-state index in [0.717, 1.165) is 0 Å². The maximum Gasteiger partial charge on any atom is 0.397 e. The van der Waals surface area contributed by atoms with E-state index in [1.165, 1.54) is 0 Å². The molecule has 0 radical (unpaired) electrons. The third kappa shape index (κ3) is 9.27. The van der Waals surface area contributed by atoms with E-state index < -0.39 is 78.9 Å². The highest BCUT2D eigenvalue weighted by Gasteiger charge is 2.53. The summed E-state index contributed by atoms with van der Waals surface area (Å²) in [5.74, 6) is 0. The van der Waals surface area contributed by atoms with Gasteiger partial charge >= 0.3 is 41.6 Å². The van der Waals surface area contributed by atoms with E-state index in [4.69, 9.17) is 18.2 Å². The second-order valence-corrected chi connectivity index (χ2v) is 8.98. The largest absolute Gasteiger partial charge is 0.397 e. The second kappa shape index (κ2) is 8.64. The van der Waals surface area contributed by atoms with Gasteiger partial charge < -0.3 is 9.84 Å². The van der Waals surface area contributed by atoms with Gasteiger partial charge in [-0.05, 0) is 0 Å². The molecule has 1 aliphatic heterocycles. The van der Waals surface area contributed by atoms with Gasteiger partial charge in [-0.2, -0.15) is 33.7 Å². The van der Waals surface area contributed by atoms with Gasteiger partial charge in [-0.25, -0.2) is 16.7 Å². The van der Waals surface area contributed by atoms with Gasteiger partial charge in [0.2, 0.25) is 0 Å². The van der Waals surface area contributed by atoms with E-state index in [2.05, 4.69) is 21.5 Å². The molecule has 1 rings (SSSR count). The van der Waals surface area contributed by atoms with E-state index >= 15 is 0 Å². The number of hydrogen-bond donors (Lipinski definition) is 5. The maximum atomic E-state index is 11.0. The van der Waals surface area contributed by atoms with Crippen molar-refractivity contribution in [3.63, 3.8) is 0 Å². The predicted molar refractivity (Wildman–Crippen MR) is 77.6 cm³/mol. The summed E-state index contributed by atoms with van der Waals surface area (Å²) in [5, 5.41) is 9.70. The third-order valence-electron chi connectivity index (χ3n) is 2.69. The summed E-state index contributed by atoms with van der Waals surface area (Å²) in [5.41, 5.74) is 0. The fraction of sp³-hybridized carbons (Fsp3) is 1.00. The first-order chi connectivity index (χ1) is 12.3. The highest BCUT2D eigenvalue weighted by atomic mass is 32.3. The molecule has 0 aromatic rings. The molecule has 0 aromatic carbocycles. The first-order valence-corrected chi connectivity index (χ1v) is 11.7. The summed E-state index contributed by atoms with van der Waals surface area (Å²) in [6.45, 7) is -1.42. The summed E-state index contributed by atoms with van der Waals surface area (Å²) < 4.78 is 142. The zero-order valence-electron chi connectivity index (χ0n) is 12.8. The zero-order chi connectivity index (χ0) is 22.1. The van der Waals surface area contributed by atoms with E-state index in [0.29, 0.717) is 0 Å². The lowest BCUT2D eigenvalue weighted by molar-refractivity contribution is -0.270. The molecule has 0 unspecified atom stereocenters. The van der Waals surface area contributed by atoms with Gasteiger partial charge in [0.25, 0.3) is 0 Å². The lowest BCUT2D eigenvalue weighted by atomic mass is 9.99. The molecule has 0 saturated carbocycles. The smallest absolute Gasteiger partial charge is 0.366 e. The van der Waals surface area contributed by atoms with Crippen LogP contribution in [0.25, 0.3) is 0 Å². The Kier molecular flexibility index (Phi) is 7.85. The quantitative estimate of drug-likeness (QED) is 0.189. The Hall–Kier alpha value is -0.600. The summed E-state index contributed by atoms with van der Waals surface area (Å²) >= 11 is 0. The zero-order valence-corrected chi connectivity index (χ0v) is 16.0. The Morgan fingerprint density at radius 3 is 1.43 bits per heavy atom. The van der Waals surface area contributed by atoms with Crippen molar-refractivity contribution in [1.29, 1.82) is 0 Å². The van der Waals surface area contributed by atoms with E-state index in [-0.39, 0.29) is 0 Å². The molecule has 5 N–H and O–H groups in total. The monoisotopic (exact) mass is 500 g/mol. The Morgan fingerprint density at radius 1 is 0.643 bits per heavy atom. The average Bonchev–Trinajstić information content (AvgIpc) is 2.39. The van der Waals surface area contributed by atoms with Crippen molar-refractivity contribution in [3.05, 3.63) is 0 Å². The maximum absolute atomic E-state index is 11.0. The molecule has 1 saturated heterocycles. The highest BCUT2D eigenvalue weighted by Crippen LogP contribution is 2.30. The predicted octanol–water partition coefficient (Wildman–Crippen LogP) is -3.91. The third-order valence-corrected chi connectivity index (χ3v) is 4.52. The fourth-order valence-corrected chi connectivity index (χ4v) is 3.74. The van der Waals surface area contributed by atoms with Gasteiger partial charge in [-0.1, -0.05) is 0 Å². The van der Waals surface area contributed by atoms with Crippen LogP contribution in [0, 0.1) is 0 Å². The van der Waals surface area contributed by atoms with Crippen molar-refractivity contribution in [3.8, 4) is 0 Å².